The van der Waals surface area contributed by atoms with E-state index in [-0.39, 0.29) is 42.2 Å². The molecule has 4 N–H and O–H groups in total. The molecule has 0 saturated heterocycles. The van der Waals surface area contributed by atoms with Crippen LogP contribution in [0, 0.1) is 28.6 Å². The van der Waals surface area contributed by atoms with E-state index in [1.807, 2.05) is 13.8 Å². The quantitative estimate of drug-likeness (QED) is 0.666. The van der Waals surface area contributed by atoms with Crippen molar-refractivity contribution in [2.75, 3.05) is 6.61 Å². The van der Waals surface area contributed by atoms with Crippen LogP contribution in [0.3, 0.4) is 0 Å². The van der Waals surface area contributed by atoms with Crippen molar-refractivity contribution in [3.8, 4) is 0 Å². The number of aliphatic hydroxyl groups excluding tert-OH is 1. The highest BCUT2D eigenvalue weighted by atomic mass is 16.3. The van der Waals surface area contributed by atoms with Gasteiger partial charge in [0.1, 0.15) is 18.0 Å². The van der Waals surface area contributed by atoms with Crippen molar-refractivity contribution in [2.24, 2.45) is 34.3 Å². The first kappa shape index (κ1) is 18.6. The molecular formula is C21H27NO5. The van der Waals surface area contributed by atoms with Gasteiger partial charge in [0.2, 0.25) is 0 Å². The van der Waals surface area contributed by atoms with Gasteiger partial charge in [0.05, 0.1) is 0 Å². The number of carbonyl (C=O) groups excluding carboxylic acids is 3. The third-order valence-corrected chi connectivity index (χ3v) is 8.27. The number of rotatable bonds is 2. The number of Topliss-reactive ketones (excluding diaryl/α,β-unsaturated/α-hetero) is 2. The molecule has 0 aromatic rings. The Labute approximate surface area is 158 Å². The number of allylic oxidation sites excluding steroid dienone is 3. The topological polar surface area (TPSA) is 118 Å². The molecule has 0 radical (unpaired) electrons. The molecule has 0 unspecified atom stereocenters. The Hall–Kier alpha value is -1.79. The van der Waals surface area contributed by atoms with Gasteiger partial charge in [-0.1, -0.05) is 12.5 Å². The predicted octanol–water partition coefficient (Wildman–Crippen LogP) is 1.05. The number of nitrogens with two attached hydrogens (primary N) is 1. The molecular weight excluding hydrogens is 346 g/mol. The lowest BCUT2D eigenvalue weighted by molar-refractivity contribution is -0.169. The van der Waals surface area contributed by atoms with Gasteiger partial charge in [-0.05, 0) is 50.5 Å². The zero-order valence-corrected chi connectivity index (χ0v) is 15.8. The summed E-state index contributed by atoms with van der Waals surface area (Å²) >= 11 is 0. The maximum absolute atomic E-state index is 13.4. The molecule has 3 fully saturated rings. The Morgan fingerprint density at radius 1 is 1.26 bits per heavy atom. The summed E-state index contributed by atoms with van der Waals surface area (Å²) in [5.41, 5.74) is 4.45. The van der Waals surface area contributed by atoms with Crippen LogP contribution in [-0.4, -0.2) is 39.8 Å². The number of fused-ring (bicyclic) bond motifs is 5. The molecule has 0 aromatic heterocycles. The number of ketones is 3. The van der Waals surface area contributed by atoms with E-state index in [1.165, 1.54) is 6.08 Å². The van der Waals surface area contributed by atoms with Crippen LogP contribution in [0.15, 0.2) is 23.4 Å². The number of hydrogen-bond donors (Lipinski definition) is 3. The predicted molar refractivity (Wildman–Crippen MR) is 97.2 cm³/mol. The molecule has 0 amide bonds. The lowest BCUT2D eigenvalue weighted by atomic mass is 9.46. The first-order valence-electron chi connectivity index (χ1n) is 9.71. The largest absolute Gasteiger partial charge is 0.401 e. The van der Waals surface area contributed by atoms with Gasteiger partial charge < -0.3 is 15.9 Å². The minimum atomic E-state index is -1.66. The smallest absolute Gasteiger partial charge is 0.190 e. The number of carbonyl (C=O) groups is 3. The minimum Gasteiger partial charge on any atom is -0.401 e. The van der Waals surface area contributed by atoms with Gasteiger partial charge >= 0.3 is 0 Å². The van der Waals surface area contributed by atoms with E-state index in [9.17, 15) is 24.6 Å². The second-order valence-corrected chi connectivity index (χ2v) is 9.20. The fraction of sp³-hybridized carbons (Fsp3) is 0.667. The van der Waals surface area contributed by atoms with Gasteiger partial charge in [0, 0.05) is 34.9 Å². The molecule has 3 saturated carbocycles. The van der Waals surface area contributed by atoms with Crippen LogP contribution in [0.25, 0.3) is 0 Å². The maximum atomic E-state index is 13.4. The standard InChI is InChI=1S/C21H27NO5/c1-19-9-15(25)18-13(14(19)5-6-21(19,27)17(26)10-23)4-3-11-7-12(24)8-16(22)20(11,18)2/h7-8,13-14,18,23,27H,3-6,9-10,22H2,1-2H3/t13-,14-,18+,19-,20+,21-/m0/s1. The monoisotopic (exact) mass is 373 g/mol. The van der Waals surface area contributed by atoms with Gasteiger partial charge in [0.25, 0.3) is 0 Å². The van der Waals surface area contributed by atoms with Gasteiger partial charge in [-0.25, -0.2) is 0 Å². The van der Waals surface area contributed by atoms with Crippen molar-refractivity contribution in [1.29, 1.82) is 0 Å². The number of hydrogen-bond acceptors (Lipinski definition) is 6. The third-order valence-electron chi connectivity index (χ3n) is 8.27. The Morgan fingerprint density at radius 3 is 2.63 bits per heavy atom. The van der Waals surface area contributed by atoms with E-state index < -0.39 is 28.8 Å². The van der Waals surface area contributed by atoms with Crippen molar-refractivity contribution < 1.29 is 24.6 Å². The van der Waals surface area contributed by atoms with E-state index in [0.29, 0.717) is 18.5 Å². The summed E-state index contributed by atoms with van der Waals surface area (Å²) in [6.45, 7) is 3.06. The van der Waals surface area contributed by atoms with Crippen LogP contribution >= 0.6 is 0 Å². The zero-order chi connectivity index (χ0) is 19.8. The first-order chi connectivity index (χ1) is 12.6. The number of aliphatic hydroxyl groups is 2. The maximum Gasteiger partial charge on any atom is 0.190 e. The van der Waals surface area contributed by atoms with Gasteiger partial charge in [-0.15, -0.1) is 0 Å². The second kappa shape index (κ2) is 5.61. The summed E-state index contributed by atoms with van der Waals surface area (Å²) < 4.78 is 0. The van der Waals surface area contributed by atoms with Crippen molar-refractivity contribution in [3.05, 3.63) is 23.4 Å². The summed E-state index contributed by atoms with van der Waals surface area (Å²) in [6.07, 6.45) is 5.47. The summed E-state index contributed by atoms with van der Waals surface area (Å²) in [5.74, 6) is -1.07. The highest BCUT2D eigenvalue weighted by Gasteiger charge is 2.68. The molecule has 4 rings (SSSR count). The van der Waals surface area contributed by atoms with E-state index in [2.05, 4.69) is 0 Å². The summed E-state index contributed by atoms with van der Waals surface area (Å²) in [6, 6.07) is 0. The molecule has 6 atom stereocenters. The summed E-state index contributed by atoms with van der Waals surface area (Å²) in [4.78, 5) is 37.7. The molecule has 0 aromatic carbocycles. The van der Waals surface area contributed by atoms with Crippen LogP contribution in [0.1, 0.15) is 46.0 Å². The van der Waals surface area contributed by atoms with E-state index in [0.717, 1.165) is 12.0 Å². The van der Waals surface area contributed by atoms with E-state index >= 15 is 0 Å². The van der Waals surface area contributed by atoms with Gasteiger partial charge in [0.15, 0.2) is 11.6 Å². The fourth-order valence-corrected chi connectivity index (χ4v) is 6.77. The van der Waals surface area contributed by atoms with E-state index in [4.69, 9.17) is 5.73 Å². The van der Waals surface area contributed by atoms with E-state index in [1.54, 1.807) is 6.08 Å². The van der Waals surface area contributed by atoms with Crippen molar-refractivity contribution in [2.45, 2.75) is 51.6 Å². The lowest BCUT2D eigenvalue weighted by Crippen LogP contribution is -2.61. The Bertz CT molecular complexity index is 813. The normalized spacial score (nSPS) is 46.1. The highest BCUT2D eigenvalue weighted by Crippen LogP contribution is 2.66. The molecule has 4 aliphatic carbocycles. The highest BCUT2D eigenvalue weighted by molar-refractivity contribution is 6.02. The lowest BCUT2D eigenvalue weighted by Gasteiger charge is -2.57. The molecule has 0 spiro atoms. The van der Waals surface area contributed by atoms with Crippen LogP contribution in [-0.2, 0) is 14.4 Å². The molecule has 6 nitrogen and oxygen atoms in total. The fourth-order valence-electron chi connectivity index (χ4n) is 6.77. The zero-order valence-electron chi connectivity index (χ0n) is 15.8. The second-order valence-electron chi connectivity index (χ2n) is 9.20. The van der Waals surface area contributed by atoms with Crippen LogP contribution in [0.4, 0.5) is 0 Å². The van der Waals surface area contributed by atoms with Gasteiger partial charge in [-0.3, -0.25) is 14.4 Å². The Balaban J connectivity index is 1.79. The average Bonchev–Trinajstić information content (AvgIpc) is 2.87. The molecule has 0 heterocycles. The van der Waals surface area contributed by atoms with Crippen LogP contribution in [0.2, 0.25) is 0 Å². The SMILES string of the molecule is C[C@]12C(N)=CC(=O)C=C1CC[C@@H]1[C@@H]2C(=O)C[C@@]2(C)[C@H]1CC[C@]2(O)C(=O)CO. The molecule has 0 bridgehead atoms. The average molecular weight is 373 g/mol. The minimum absolute atomic E-state index is 0.000861. The third kappa shape index (κ3) is 2.11. The van der Waals surface area contributed by atoms with Crippen LogP contribution < -0.4 is 5.73 Å². The summed E-state index contributed by atoms with van der Waals surface area (Å²) in [5, 5.41) is 20.5. The molecule has 6 heteroatoms. The Morgan fingerprint density at radius 2 is 1.96 bits per heavy atom. The molecule has 27 heavy (non-hydrogen) atoms. The molecule has 4 aliphatic rings. The molecule has 146 valence electrons. The molecule has 0 aliphatic heterocycles. The first-order valence-corrected chi connectivity index (χ1v) is 9.71. The van der Waals surface area contributed by atoms with Crippen LogP contribution in [0.5, 0.6) is 0 Å². The Kier molecular flexibility index (Phi) is 3.86. The van der Waals surface area contributed by atoms with Crippen molar-refractivity contribution >= 4 is 17.3 Å². The summed E-state index contributed by atoms with van der Waals surface area (Å²) in [7, 11) is 0. The van der Waals surface area contributed by atoms with Crippen molar-refractivity contribution in [1.82, 2.24) is 0 Å². The van der Waals surface area contributed by atoms with Crippen molar-refractivity contribution in [3.63, 3.8) is 0 Å². The van der Waals surface area contributed by atoms with Gasteiger partial charge in [-0.2, -0.15) is 0 Å².